The molecule has 10 heteroatoms. The van der Waals surface area contributed by atoms with E-state index in [0.717, 1.165) is 0 Å². The molecule has 3 N–H and O–H groups in total. The average molecular weight is 569 g/mol. The number of carbonyl (C=O) groups is 1. The number of aliphatic hydroxyl groups excluding tert-OH is 2. The van der Waals surface area contributed by atoms with Crippen molar-refractivity contribution in [3.05, 3.63) is 83.3 Å². The van der Waals surface area contributed by atoms with Crippen molar-refractivity contribution in [2.24, 2.45) is 0 Å². The molecule has 40 heavy (non-hydrogen) atoms. The molecule has 0 amide bonds. The van der Waals surface area contributed by atoms with Gasteiger partial charge in [0.05, 0.1) is 29.2 Å². The van der Waals surface area contributed by atoms with E-state index in [1.165, 1.54) is 22.5 Å². The van der Waals surface area contributed by atoms with Crippen LogP contribution in [-0.4, -0.2) is 53.4 Å². The molecule has 0 bridgehead atoms. The first kappa shape index (κ1) is 29.4. The molecule has 0 saturated carbocycles. The molecule has 2 heterocycles. The zero-order chi connectivity index (χ0) is 29.0. The topological polar surface area (TPSA) is 128 Å². The summed E-state index contributed by atoms with van der Waals surface area (Å²) in [5, 5.41) is 29.4. The summed E-state index contributed by atoms with van der Waals surface area (Å²) in [6.45, 7) is 4.10. The molecular weight excluding hydrogens is 535 g/mol. The van der Waals surface area contributed by atoms with Crippen LogP contribution in [0, 0.1) is 5.82 Å². The lowest BCUT2D eigenvalue weighted by Gasteiger charge is -2.33. The predicted molar refractivity (Wildman–Crippen MR) is 151 cm³/mol. The molecule has 0 aliphatic carbocycles. The van der Waals surface area contributed by atoms with E-state index < -0.39 is 40.4 Å². The van der Waals surface area contributed by atoms with E-state index in [0.29, 0.717) is 46.6 Å². The van der Waals surface area contributed by atoms with Gasteiger partial charge in [-0.2, -0.15) is 0 Å². The Morgan fingerprint density at radius 1 is 1.10 bits per heavy atom. The number of aliphatic carboxylic acids is 1. The highest BCUT2D eigenvalue weighted by Crippen LogP contribution is 2.42. The number of pyridine rings is 1. The Balaban J connectivity index is 1.90. The zero-order valence-electron chi connectivity index (χ0n) is 22.4. The number of carboxylic acids is 1. The van der Waals surface area contributed by atoms with Crippen molar-refractivity contribution in [2.75, 3.05) is 10.8 Å². The van der Waals surface area contributed by atoms with E-state index in [1.807, 2.05) is 13.8 Å². The van der Waals surface area contributed by atoms with Crippen LogP contribution in [0.1, 0.15) is 55.8 Å². The van der Waals surface area contributed by atoms with E-state index >= 15 is 0 Å². The van der Waals surface area contributed by atoms with Crippen LogP contribution in [0.5, 0.6) is 0 Å². The zero-order valence-corrected chi connectivity index (χ0v) is 23.2. The summed E-state index contributed by atoms with van der Waals surface area (Å²) in [6, 6.07) is 14.1. The highest BCUT2D eigenvalue weighted by Gasteiger charge is 2.34. The standard InChI is InChI=1S/C30H33FN2O6S/c1-19(2)29-25(15-14-22(34)17-23(35)18-27(36)37)28(20-10-12-21(31)13-11-20)26-9-6-16-33(30(26)32-29)40(38,39)24-7-4-3-5-8-24/h3-5,7-8,10-15,19,22-23,34-35H,6,9,16-18H2,1-2H3,(H,36,37)/t22?,23-/m1/s1. The number of hydrogen-bond donors (Lipinski definition) is 3. The van der Waals surface area contributed by atoms with Crippen LogP contribution in [0.3, 0.4) is 0 Å². The van der Waals surface area contributed by atoms with Crippen LogP contribution < -0.4 is 4.31 Å². The number of rotatable bonds is 10. The second-order valence-corrected chi connectivity index (χ2v) is 12.0. The van der Waals surface area contributed by atoms with Crippen LogP contribution in [0.25, 0.3) is 17.2 Å². The Hall–Kier alpha value is -3.60. The molecule has 4 rings (SSSR count). The van der Waals surface area contributed by atoms with Crippen molar-refractivity contribution in [2.45, 2.75) is 62.6 Å². The van der Waals surface area contributed by atoms with Gasteiger partial charge in [0.2, 0.25) is 0 Å². The number of carboxylic acid groups (broad SMARTS) is 1. The number of aliphatic hydroxyl groups is 2. The Labute approximate surface area is 233 Å². The first-order valence-corrected chi connectivity index (χ1v) is 14.6. The molecule has 212 valence electrons. The Bertz CT molecular complexity index is 1490. The van der Waals surface area contributed by atoms with Gasteiger partial charge in [-0.15, -0.1) is 0 Å². The smallest absolute Gasteiger partial charge is 0.305 e. The Morgan fingerprint density at radius 2 is 1.77 bits per heavy atom. The minimum absolute atomic E-state index is 0.151. The summed E-state index contributed by atoms with van der Waals surface area (Å²) in [4.78, 5) is 15.9. The first-order chi connectivity index (χ1) is 19.0. The van der Waals surface area contributed by atoms with Crippen LogP contribution in [0.15, 0.2) is 65.6 Å². The molecule has 1 unspecified atom stereocenters. The second-order valence-electron chi connectivity index (χ2n) is 10.2. The van der Waals surface area contributed by atoms with Gasteiger partial charge in [0.25, 0.3) is 10.0 Å². The van der Waals surface area contributed by atoms with E-state index in [1.54, 1.807) is 48.5 Å². The largest absolute Gasteiger partial charge is 0.481 e. The maximum atomic E-state index is 13.9. The van der Waals surface area contributed by atoms with E-state index in [2.05, 4.69) is 0 Å². The molecule has 2 aromatic carbocycles. The van der Waals surface area contributed by atoms with Gasteiger partial charge >= 0.3 is 5.97 Å². The van der Waals surface area contributed by atoms with Gasteiger partial charge in [0, 0.05) is 24.1 Å². The van der Waals surface area contributed by atoms with Crippen LogP contribution >= 0.6 is 0 Å². The Morgan fingerprint density at radius 3 is 2.40 bits per heavy atom. The highest BCUT2D eigenvalue weighted by atomic mass is 32.2. The third-order valence-corrected chi connectivity index (χ3v) is 8.59. The van der Waals surface area contributed by atoms with Gasteiger partial charge in [0.15, 0.2) is 0 Å². The summed E-state index contributed by atoms with van der Waals surface area (Å²) >= 11 is 0. The van der Waals surface area contributed by atoms with Crippen molar-refractivity contribution in [3.8, 4) is 11.1 Å². The lowest BCUT2D eigenvalue weighted by Crippen LogP contribution is -2.37. The maximum absolute atomic E-state index is 13.9. The number of anilines is 1. The van der Waals surface area contributed by atoms with Gasteiger partial charge in [0.1, 0.15) is 11.6 Å². The van der Waals surface area contributed by atoms with Crippen LogP contribution in [0.2, 0.25) is 0 Å². The molecule has 2 atom stereocenters. The van der Waals surface area contributed by atoms with Crippen molar-refractivity contribution < 1.29 is 32.9 Å². The summed E-state index contributed by atoms with van der Waals surface area (Å²) in [6.07, 6.45) is 1.19. The molecule has 1 aliphatic rings. The number of nitrogens with zero attached hydrogens (tertiary/aromatic N) is 2. The van der Waals surface area contributed by atoms with Gasteiger partial charge < -0.3 is 15.3 Å². The van der Waals surface area contributed by atoms with Crippen molar-refractivity contribution in [1.82, 2.24) is 4.98 Å². The maximum Gasteiger partial charge on any atom is 0.305 e. The molecule has 3 aromatic rings. The quantitative estimate of drug-likeness (QED) is 0.322. The lowest BCUT2D eigenvalue weighted by molar-refractivity contribution is -0.139. The third-order valence-electron chi connectivity index (χ3n) is 6.79. The summed E-state index contributed by atoms with van der Waals surface area (Å²) in [5.41, 5.74) is 3.29. The van der Waals surface area contributed by atoms with Gasteiger partial charge in [-0.25, -0.2) is 22.1 Å². The average Bonchev–Trinajstić information content (AvgIpc) is 2.91. The minimum Gasteiger partial charge on any atom is -0.481 e. The first-order valence-electron chi connectivity index (χ1n) is 13.2. The molecule has 0 spiro atoms. The number of benzene rings is 2. The molecule has 0 radical (unpaired) electrons. The van der Waals surface area contributed by atoms with Crippen LogP contribution in [0.4, 0.5) is 10.2 Å². The molecule has 0 saturated heterocycles. The highest BCUT2D eigenvalue weighted by molar-refractivity contribution is 7.92. The number of hydrogen-bond acceptors (Lipinski definition) is 6. The molecule has 1 aromatic heterocycles. The minimum atomic E-state index is -3.91. The molecular formula is C30H33FN2O6S. The summed E-state index contributed by atoms with van der Waals surface area (Å²) in [5.74, 6) is -1.41. The Kier molecular flexibility index (Phi) is 9.02. The number of sulfonamides is 1. The van der Waals surface area contributed by atoms with E-state index in [-0.39, 0.29) is 23.8 Å². The normalized spacial score (nSPS) is 15.3. The SMILES string of the molecule is CC(C)c1nc2c(c(-c3ccc(F)cc3)c1C=CC(O)C[C@@H](O)CC(=O)O)CCCN2S(=O)(=O)c1ccccc1. The number of halogens is 1. The van der Waals surface area contributed by atoms with Gasteiger partial charge in [-0.3, -0.25) is 4.79 Å². The number of aromatic nitrogens is 1. The van der Waals surface area contributed by atoms with E-state index in [4.69, 9.17) is 10.1 Å². The van der Waals surface area contributed by atoms with Gasteiger partial charge in [-0.05, 0) is 54.2 Å². The lowest BCUT2D eigenvalue weighted by atomic mass is 9.87. The van der Waals surface area contributed by atoms with Crippen molar-refractivity contribution >= 4 is 27.9 Å². The predicted octanol–water partition coefficient (Wildman–Crippen LogP) is 4.75. The fraction of sp³-hybridized carbons (Fsp3) is 0.333. The monoisotopic (exact) mass is 568 g/mol. The van der Waals surface area contributed by atoms with Crippen LogP contribution in [-0.2, 0) is 21.2 Å². The van der Waals surface area contributed by atoms with E-state index in [9.17, 15) is 27.8 Å². The fourth-order valence-electron chi connectivity index (χ4n) is 4.95. The summed E-state index contributed by atoms with van der Waals surface area (Å²) in [7, 11) is -3.91. The number of fused-ring (bicyclic) bond motifs is 1. The van der Waals surface area contributed by atoms with Crippen molar-refractivity contribution in [3.63, 3.8) is 0 Å². The third kappa shape index (κ3) is 6.41. The van der Waals surface area contributed by atoms with Crippen molar-refractivity contribution in [1.29, 1.82) is 0 Å². The van der Waals surface area contributed by atoms with Gasteiger partial charge in [-0.1, -0.05) is 56.3 Å². The summed E-state index contributed by atoms with van der Waals surface area (Å²) < 4.78 is 42.7. The molecule has 1 aliphatic heterocycles. The second kappa shape index (κ2) is 12.3. The molecule has 8 nitrogen and oxygen atoms in total. The fourth-order valence-corrected chi connectivity index (χ4v) is 6.45. The molecule has 0 fully saturated rings.